The van der Waals surface area contributed by atoms with Crippen LogP contribution in [0.5, 0.6) is 0 Å². The molecule has 346 valence electrons. The van der Waals surface area contributed by atoms with E-state index in [2.05, 4.69) is 37.5 Å². The quantitative estimate of drug-likeness (QED) is 0.0575. The maximum Gasteiger partial charge on any atom is 0.236 e. The molecule has 2 amide bonds. The molecular weight excluding hydrogens is 711 g/mol. The highest BCUT2D eigenvalue weighted by molar-refractivity contribution is 5.81. The summed E-state index contributed by atoms with van der Waals surface area (Å²) in [6.45, 7) is 13.4. The van der Waals surface area contributed by atoms with Gasteiger partial charge in [-0.05, 0) is 32.7 Å². The van der Waals surface area contributed by atoms with E-state index in [1.165, 1.54) is 231 Å². The van der Waals surface area contributed by atoms with Crippen LogP contribution in [0.3, 0.4) is 0 Å². The van der Waals surface area contributed by atoms with Gasteiger partial charge >= 0.3 is 0 Å². The number of carbonyl (C=O) groups is 2. The van der Waals surface area contributed by atoms with Crippen LogP contribution in [0.4, 0.5) is 0 Å². The summed E-state index contributed by atoms with van der Waals surface area (Å²) in [6.07, 6.45) is 52.6. The summed E-state index contributed by atoms with van der Waals surface area (Å²) in [4.78, 5) is 33.9. The van der Waals surface area contributed by atoms with Gasteiger partial charge < -0.3 is 9.80 Å². The van der Waals surface area contributed by atoms with Gasteiger partial charge in [0.1, 0.15) is 0 Å². The second-order valence-electron chi connectivity index (χ2n) is 18.7. The number of unbranched alkanes of at least 4 members (excludes halogenated alkanes) is 36. The molecule has 0 aromatic heterocycles. The minimum absolute atomic E-state index is 0.220. The van der Waals surface area contributed by atoms with Gasteiger partial charge in [-0.25, -0.2) is 0 Å². The van der Waals surface area contributed by atoms with Crippen molar-refractivity contribution in [2.24, 2.45) is 0 Å². The summed E-state index contributed by atoms with van der Waals surface area (Å²) in [5, 5.41) is 0. The fourth-order valence-corrected chi connectivity index (χ4v) is 8.60. The second kappa shape index (κ2) is 47.0. The van der Waals surface area contributed by atoms with Crippen molar-refractivity contribution >= 4 is 11.8 Å². The topological polar surface area (TPSA) is 43.9 Å². The molecule has 0 aromatic carbocycles. The molecule has 5 nitrogen and oxygen atoms in total. The van der Waals surface area contributed by atoms with Crippen molar-refractivity contribution in [1.29, 1.82) is 0 Å². The van der Waals surface area contributed by atoms with Crippen LogP contribution in [0, 0.1) is 0 Å². The number of likely N-dealkylation sites (N-methyl/N-ethyl adjacent to an activating group) is 1. The molecular formula is C53H107N3O2. The van der Waals surface area contributed by atoms with Crippen molar-refractivity contribution in [3.63, 3.8) is 0 Å². The maximum atomic E-state index is 13.8. The van der Waals surface area contributed by atoms with Crippen molar-refractivity contribution in [3.05, 3.63) is 0 Å². The molecule has 0 bridgehead atoms. The third kappa shape index (κ3) is 40.3. The van der Waals surface area contributed by atoms with Gasteiger partial charge in [0, 0.05) is 26.2 Å². The van der Waals surface area contributed by atoms with Crippen LogP contribution in [-0.2, 0) is 9.59 Å². The van der Waals surface area contributed by atoms with E-state index < -0.39 is 0 Å². The Kier molecular flexibility index (Phi) is 46.1. The predicted octanol–water partition coefficient (Wildman–Crippen LogP) is 16.3. The molecule has 0 spiro atoms. The molecule has 0 saturated heterocycles. The zero-order valence-electron chi connectivity index (χ0n) is 40.7. The van der Waals surface area contributed by atoms with Crippen molar-refractivity contribution in [2.45, 2.75) is 285 Å². The van der Waals surface area contributed by atoms with E-state index in [0.717, 1.165) is 51.9 Å². The summed E-state index contributed by atoms with van der Waals surface area (Å²) in [5.41, 5.74) is 0. The highest BCUT2D eigenvalue weighted by Crippen LogP contribution is 2.16. The number of rotatable bonds is 48. The molecule has 0 aliphatic heterocycles. The second-order valence-corrected chi connectivity index (χ2v) is 18.7. The molecule has 0 heterocycles. The monoisotopic (exact) mass is 818 g/mol. The SMILES string of the molecule is CCCCCCCCCCCCN(CCCCCCCCCCCC)C(=O)CN(C)CC(=O)N(CCCCCCCCCCCC)CCCCCCCCCCCC. The lowest BCUT2D eigenvalue weighted by molar-refractivity contribution is -0.135. The Morgan fingerprint density at radius 3 is 0.586 bits per heavy atom. The summed E-state index contributed by atoms with van der Waals surface area (Å²) < 4.78 is 0. The lowest BCUT2D eigenvalue weighted by Gasteiger charge is -2.28. The fourth-order valence-electron chi connectivity index (χ4n) is 8.60. The first-order valence-electron chi connectivity index (χ1n) is 26.7. The van der Waals surface area contributed by atoms with Gasteiger partial charge in [-0.3, -0.25) is 14.5 Å². The number of hydrogen-bond acceptors (Lipinski definition) is 3. The van der Waals surface area contributed by atoms with E-state index in [0.29, 0.717) is 13.1 Å². The third-order valence-corrected chi connectivity index (χ3v) is 12.6. The van der Waals surface area contributed by atoms with Gasteiger partial charge in [-0.15, -0.1) is 0 Å². The summed E-state index contributed by atoms with van der Waals surface area (Å²) in [5.74, 6) is 0.441. The lowest BCUT2D eigenvalue weighted by Crippen LogP contribution is -2.45. The Hall–Kier alpha value is -1.10. The first-order valence-corrected chi connectivity index (χ1v) is 26.7. The first-order chi connectivity index (χ1) is 28.5. The Bertz CT molecular complexity index is 720. The summed E-state index contributed by atoms with van der Waals surface area (Å²) in [7, 11) is 1.99. The molecule has 5 heteroatoms. The van der Waals surface area contributed by atoms with Crippen LogP contribution in [0.1, 0.15) is 285 Å². The molecule has 0 unspecified atom stereocenters. The molecule has 0 aromatic rings. The zero-order valence-corrected chi connectivity index (χ0v) is 40.7. The smallest absolute Gasteiger partial charge is 0.236 e. The Morgan fingerprint density at radius 2 is 0.414 bits per heavy atom. The lowest BCUT2D eigenvalue weighted by atomic mass is 10.1. The van der Waals surface area contributed by atoms with Gasteiger partial charge in [0.25, 0.3) is 0 Å². The van der Waals surface area contributed by atoms with Gasteiger partial charge in [-0.2, -0.15) is 0 Å². The fraction of sp³-hybridized carbons (Fsp3) is 0.962. The Morgan fingerprint density at radius 1 is 0.259 bits per heavy atom. The van der Waals surface area contributed by atoms with Crippen molar-refractivity contribution in [2.75, 3.05) is 46.3 Å². The standard InChI is InChI=1S/C53H107N3O2/c1-6-10-14-18-22-26-30-34-38-42-46-55(47-43-39-35-31-27-23-19-15-11-7-2)52(57)50-54(5)51-53(58)56(48-44-40-36-32-28-24-20-16-12-8-3)49-45-41-37-33-29-25-21-17-13-9-4/h6-51H2,1-5H3. The van der Waals surface area contributed by atoms with Crippen molar-refractivity contribution in [1.82, 2.24) is 14.7 Å². The summed E-state index contributed by atoms with van der Waals surface area (Å²) in [6, 6.07) is 0. The Balaban J connectivity index is 4.96. The van der Waals surface area contributed by atoms with Crippen molar-refractivity contribution < 1.29 is 9.59 Å². The van der Waals surface area contributed by atoms with Gasteiger partial charge in [0.05, 0.1) is 13.1 Å². The number of amides is 2. The van der Waals surface area contributed by atoms with Gasteiger partial charge in [0.2, 0.25) is 11.8 Å². The molecule has 58 heavy (non-hydrogen) atoms. The summed E-state index contributed by atoms with van der Waals surface area (Å²) >= 11 is 0. The largest absolute Gasteiger partial charge is 0.342 e. The Labute approximate surface area is 365 Å². The number of carbonyl (C=O) groups excluding carboxylic acids is 2. The van der Waals surface area contributed by atoms with E-state index in [-0.39, 0.29) is 11.8 Å². The minimum Gasteiger partial charge on any atom is -0.342 e. The molecule has 0 aliphatic carbocycles. The minimum atomic E-state index is 0.220. The van der Waals surface area contributed by atoms with Crippen LogP contribution >= 0.6 is 0 Å². The van der Waals surface area contributed by atoms with E-state index in [9.17, 15) is 9.59 Å². The number of nitrogens with zero attached hydrogens (tertiary/aromatic N) is 3. The van der Waals surface area contributed by atoms with Crippen LogP contribution in [0.2, 0.25) is 0 Å². The third-order valence-electron chi connectivity index (χ3n) is 12.6. The zero-order chi connectivity index (χ0) is 42.4. The van der Waals surface area contributed by atoms with E-state index in [1.54, 1.807) is 0 Å². The average molecular weight is 818 g/mol. The first kappa shape index (κ1) is 56.9. The molecule has 0 aliphatic rings. The van der Waals surface area contributed by atoms with Crippen molar-refractivity contribution in [3.8, 4) is 0 Å². The molecule has 0 saturated carbocycles. The number of hydrogen-bond donors (Lipinski definition) is 0. The maximum absolute atomic E-state index is 13.8. The molecule has 0 radical (unpaired) electrons. The van der Waals surface area contributed by atoms with Crippen LogP contribution in [0.25, 0.3) is 0 Å². The average Bonchev–Trinajstić information content (AvgIpc) is 3.21. The normalized spacial score (nSPS) is 11.6. The van der Waals surface area contributed by atoms with Crippen LogP contribution in [-0.4, -0.2) is 72.8 Å². The van der Waals surface area contributed by atoms with E-state index >= 15 is 0 Å². The van der Waals surface area contributed by atoms with Crippen LogP contribution in [0.15, 0.2) is 0 Å². The van der Waals surface area contributed by atoms with E-state index in [4.69, 9.17) is 0 Å². The highest BCUT2D eigenvalue weighted by Gasteiger charge is 2.20. The molecule has 0 N–H and O–H groups in total. The molecule has 0 atom stereocenters. The predicted molar refractivity (Wildman–Crippen MR) is 258 cm³/mol. The highest BCUT2D eigenvalue weighted by atomic mass is 16.2. The molecule has 0 rings (SSSR count). The van der Waals surface area contributed by atoms with Gasteiger partial charge in [0.15, 0.2) is 0 Å². The van der Waals surface area contributed by atoms with Gasteiger partial charge in [-0.1, -0.05) is 259 Å². The van der Waals surface area contributed by atoms with E-state index in [1.807, 2.05) is 11.9 Å². The molecule has 0 fully saturated rings. The van der Waals surface area contributed by atoms with Crippen LogP contribution < -0.4 is 0 Å².